The molecule has 0 aliphatic heterocycles. The van der Waals surface area contributed by atoms with Crippen molar-refractivity contribution in [2.75, 3.05) is 0 Å². The number of carbonyl (C=O) groups is 1. The maximum atomic E-state index is 13.0. The van der Waals surface area contributed by atoms with Crippen LogP contribution in [0.3, 0.4) is 0 Å². The van der Waals surface area contributed by atoms with E-state index in [0.717, 1.165) is 15.6 Å². The van der Waals surface area contributed by atoms with Gasteiger partial charge in [0, 0.05) is 10.0 Å². The maximum absolute atomic E-state index is 13.0. The molecule has 1 amide bonds. The molecule has 27 heavy (non-hydrogen) atoms. The molecule has 5 nitrogen and oxygen atoms in total. The van der Waals surface area contributed by atoms with Crippen LogP contribution in [0.2, 0.25) is 0 Å². The first-order chi connectivity index (χ1) is 12.9. The van der Waals surface area contributed by atoms with E-state index in [9.17, 15) is 9.18 Å². The molecule has 0 aliphatic carbocycles. The Labute approximate surface area is 169 Å². The lowest BCUT2D eigenvalue weighted by molar-refractivity contribution is -0.120. The molecule has 0 fully saturated rings. The highest BCUT2D eigenvalue weighted by molar-refractivity contribution is 9.10. The van der Waals surface area contributed by atoms with Gasteiger partial charge in [-0.3, -0.25) is 9.89 Å². The fraction of sp³-hybridized carbons (Fsp3) is 0.211. The van der Waals surface area contributed by atoms with E-state index in [0.29, 0.717) is 11.0 Å². The summed E-state index contributed by atoms with van der Waals surface area (Å²) in [5.41, 5.74) is 1.75. The molecule has 0 unspecified atom stereocenters. The predicted octanol–water partition coefficient (Wildman–Crippen LogP) is 4.73. The molecule has 3 aromatic rings. The van der Waals surface area contributed by atoms with Crippen molar-refractivity contribution < 1.29 is 9.18 Å². The summed E-state index contributed by atoms with van der Waals surface area (Å²) >= 11 is 4.76. The van der Waals surface area contributed by atoms with Crippen LogP contribution in [0.15, 0.2) is 58.2 Å². The first kappa shape index (κ1) is 19.6. The van der Waals surface area contributed by atoms with E-state index in [1.165, 1.54) is 23.9 Å². The van der Waals surface area contributed by atoms with Gasteiger partial charge in [0.1, 0.15) is 5.82 Å². The zero-order chi connectivity index (χ0) is 19.4. The lowest BCUT2D eigenvalue weighted by atomic mass is 10.1. The first-order valence-corrected chi connectivity index (χ1v) is 10.0. The summed E-state index contributed by atoms with van der Waals surface area (Å²) in [7, 11) is 0. The predicted molar refractivity (Wildman–Crippen MR) is 108 cm³/mol. The van der Waals surface area contributed by atoms with Gasteiger partial charge >= 0.3 is 0 Å². The smallest absolute Gasteiger partial charge is 0.233 e. The second kappa shape index (κ2) is 8.67. The van der Waals surface area contributed by atoms with Crippen molar-refractivity contribution in [3.8, 4) is 11.4 Å². The molecule has 8 heteroatoms. The van der Waals surface area contributed by atoms with E-state index in [1.54, 1.807) is 19.1 Å². The number of nitrogens with one attached hydrogen (secondary N) is 2. The maximum Gasteiger partial charge on any atom is 0.233 e. The Hall–Kier alpha value is -2.19. The number of benzene rings is 2. The number of thioether (sulfide) groups is 1. The van der Waals surface area contributed by atoms with Crippen LogP contribution in [0.5, 0.6) is 0 Å². The molecule has 0 aliphatic rings. The molecule has 1 aromatic heterocycles. The highest BCUT2D eigenvalue weighted by Gasteiger charge is 2.20. The van der Waals surface area contributed by atoms with Crippen molar-refractivity contribution in [2.45, 2.75) is 30.3 Å². The number of hydrogen-bond donors (Lipinski definition) is 2. The van der Waals surface area contributed by atoms with Crippen molar-refractivity contribution in [1.29, 1.82) is 0 Å². The van der Waals surface area contributed by atoms with E-state index in [4.69, 9.17) is 0 Å². The third-order valence-electron chi connectivity index (χ3n) is 3.97. The van der Waals surface area contributed by atoms with Crippen molar-refractivity contribution >= 4 is 33.6 Å². The SMILES string of the molecule is C[C@H](Sc1n[nH]c(-c2ccccc2Br)n1)C(=O)N[C@H](C)c1ccc(F)cc1. The van der Waals surface area contributed by atoms with Gasteiger partial charge < -0.3 is 5.32 Å². The minimum Gasteiger partial charge on any atom is -0.349 e. The van der Waals surface area contributed by atoms with Crippen LogP contribution in [0, 0.1) is 5.82 Å². The lowest BCUT2D eigenvalue weighted by Gasteiger charge is -2.17. The van der Waals surface area contributed by atoms with Gasteiger partial charge in [0.05, 0.1) is 11.3 Å². The van der Waals surface area contributed by atoms with E-state index < -0.39 is 0 Å². The van der Waals surface area contributed by atoms with E-state index >= 15 is 0 Å². The average molecular weight is 449 g/mol. The normalized spacial score (nSPS) is 13.2. The van der Waals surface area contributed by atoms with Crippen LogP contribution in [0.25, 0.3) is 11.4 Å². The highest BCUT2D eigenvalue weighted by atomic mass is 79.9. The van der Waals surface area contributed by atoms with Crippen LogP contribution in [0.1, 0.15) is 25.5 Å². The Morgan fingerprint density at radius 2 is 1.89 bits per heavy atom. The quantitative estimate of drug-likeness (QED) is 0.534. The summed E-state index contributed by atoms with van der Waals surface area (Å²) < 4.78 is 13.9. The van der Waals surface area contributed by atoms with Crippen LogP contribution < -0.4 is 5.32 Å². The Morgan fingerprint density at radius 3 is 2.59 bits per heavy atom. The number of halogens is 2. The summed E-state index contributed by atoms with van der Waals surface area (Å²) in [5.74, 6) is 0.202. The van der Waals surface area contributed by atoms with Crippen LogP contribution in [0.4, 0.5) is 4.39 Å². The average Bonchev–Trinajstić information content (AvgIpc) is 3.10. The molecule has 0 saturated carbocycles. The fourth-order valence-corrected chi connectivity index (χ4v) is 3.66. The Kier molecular flexibility index (Phi) is 6.28. The second-order valence-corrected chi connectivity index (χ2v) is 8.15. The van der Waals surface area contributed by atoms with Gasteiger partial charge in [0.15, 0.2) is 5.82 Å². The van der Waals surface area contributed by atoms with Gasteiger partial charge in [-0.25, -0.2) is 9.37 Å². The van der Waals surface area contributed by atoms with Crippen molar-refractivity contribution in [1.82, 2.24) is 20.5 Å². The van der Waals surface area contributed by atoms with Crippen LogP contribution >= 0.6 is 27.7 Å². The topological polar surface area (TPSA) is 70.7 Å². The Balaban J connectivity index is 1.61. The molecule has 2 N–H and O–H groups in total. The van der Waals surface area contributed by atoms with Gasteiger partial charge in [-0.1, -0.05) is 58.0 Å². The fourth-order valence-electron chi connectivity index (χ4n) is 2.45. The molecule has 0 saturated heterocycles. The zero-order valence-corrected chi connectivity index (χ0v) is 17.1. The molecule has 0 radical (unpaired) electrons. The summed E-state index contributed by atoms with van der Waals surface area (Å²) in [6, 6.07) is 13.6. The number of nitrogens with zero attached hydrogens (tertiary/aromatic N) is 2. The van der Waals surface area contributed by atoms with Gasteiger partial charge in [-0.15, -0.1) is 5.10 Å². The highest BCUT2D eigenvalue weighted by Crippen LogP contribution is 2.27. The van der Waals surface area contributed by atoms with Crippen molar-refractivity contribution in [3.05, 3.63) is 64.4 Å². The van der Waals surface area contributed by atoms with Gasteiger partial charge in [-0.2, -0.15) is 0 Å². The van der Waals surface area contributed by atoms with E-state index in [1.807, 2.05) is 31.2 Å². The number of carbonyl (C=O) groups excluding carboxylic acids is 1. The molecule has 2 atom stereocenters. The zero-order valence-electron chi connectivity index (χ0n) is 14.7. The van der Waals surface area contributed by atoms with Crippen LogP contribution in [-0.2, 0) is 4.79 Å². The second-order valence-electron chi connectivity index (χ2n) is 5.99. The minimum absolute atomic E-state index is 0.135. The van der Waals surface area contributed by atoms with Crippen molar-refractivity contribution in [2.24, 2.45) is 0 Å². The number of hydrogen-bond acceptors (Lipinski definition) is 4. The largest absolute Gasteiger partial charge is 0.349 e. The monoisotopic (exact) mass is 448 g/mol. The molecule has 0 spiro atoms. The molecule has 0 bridgehead atoms. The number of aromatic amines is 1. The molecule has 3 rings (SSSR count). The summed E-state index contributed by atoms with van der Waals surface area (Å²) in [4.78, 5) is 16.9. The summed E-state index contributed by atoms with van der Waals surface area (Å²) in [6.07, 6.45) is 0. The summed E-state index contributed by atoms with van der Waals surface area (Å²) in [5, 5.41) is 10.1. The standard InChI is InChI=1S/C19H18BrFN4OS/c1-11(13-7-9-14(21)10-8-13)22-18(26)12(2)27-19-23-17(24-25-19)15-5-3-4-6-16(15)20/h3-12H,1-2H3,(H,22,26)(H,23,24,25)/t11-,12+/m1/s1. The molecule has 2 aromatic carbocycles. The third kappa shape index (κ3) is 4.95. The number of amides is 1. The Morgan fingerprint density at radius 1 is 1.19 bits per heavy atom. The van der Waals surface area contributed by atoms with Gasteiger partial charge in [0.2, 0.25) is 11.1 Å². The Bertz CT molecular complexity index is 931. The number of H-pyrrole nitrogens is 1. The minimum atomic E-state index is -0.379. The number of rotatable bonds is 6. The first-order valence-electron chi connectivity index (χ1n) is 8.34. The third-order valence-corrected chi connectivity index (χ3v) is 5.63. The van der Waals surface area contributed by atoms with Gasteiger partial charge in [-0.05, 0) is 37.6 Å². The van der Waals surface area contributed by atoms with E-state index in [-0.39, 0.29) is 23.0 Å². The lowest BCUT2D eigenvalue weighted by Crippen LogP contribution is -2.33. The van der Waals surface area contributed by atoms with Gasteiger partial charge in [0.25, 0.3) is 0 Å². The van der Waals surface area contributed by atoms with Crippen LogP contribution in [-0.4, -0.2) is 26.3 Å². The van der Waals surface area contributed by atoms with Crippen molar-refractivity contribution in [3.63, 3.8) is 0 Å². The molecular formula is C19H18BrFN4OS. The molecule has 140 valence electrons. The molecular weight excluding hydrogens is 431 g/mol. The number of aromatic nitrogens is 3. The summed E-state index contributed by atoms with van der Waals surface area (Å²) in [6.45, 7) is 3.66. The molecule has 1 heterocycles. The van der Waals surface area contributed by atoms with E-state index in [2.05, 4.69) is 36.4 Å².